The van der Waals surface area contributed by atoms with Gasteiger partial charge in [0.1, 0.15) is 5.82 Å². The van der Waals surface area contributed by atoms with Crippen LogP contribution in [0, 0.1) is 33.0 Å². The summed E-state index contributed by atoms with van der Waals surface area (Å²) in [4.78, 5) is 19.6. The molecule has 2 aromatic rings. The van der Waals surface area contributed by atoms with E-state index in [1.54, 1.807) is 0 Å². The summed E-state index contributed by atoms with van der Waals surface area (Å²) in [5, 5.41) is 21.4. The topological polar surface area (TPSA) is 132 Å². The molecule has 126 valence electrons. The molecule has 0 fully saturated rings. The van der Waals surface area contributed by atoms with E-state index in [2.05, 4.69) is 0 Å². The molecule has 0 aliphatic heterocycles. The molecule has 0 bridgehead atoms. The molecule has 0 saturated carbocycles. The highest BCUT2D eigenvalue weighted by atomic mass is 32.2. The Morgan fingerprint density at radius 1 is 1.00 bits per heavy atom. The summed E-state index contributed by atoms with van der Waals surface area (Å²) in [7, 11) is -4.28. The Hall–Kier alpha value is -3.08. The summed E-state index contributed by atoms with van der Waals surface area (Å²) < 4.78 is 40.3. The number of nitrogens with one attached hydrogen (secondary N) is 1. The van der Waals surface area contributed by atoms with Gasteiger partial charge in [0, 0.05) is 18.2 Å². The molecular weight excluding hydrogens is 345 g/mol. The zero-order valence-corrected chi connectivity index (χ0v) is 12.9. The van der Waals surface area contributed by atoms with Crippen molar-refractivity contribution in [1.82, 2.24) is 0 Å². The standard InChI is InChI=1S/C13H10FN3O6S/c1-8-12(17(20)21)7-6-11(14)13(8)15-24(22,23)10-4-2-9(3-5-10)16(18)19/h2-7,15H,1H3. The Morgan fingerprint density at radius 2 is 1.58 bits per heavy atom. The zero-order chi connectivity index (χ0) is 18.1. The number of hydrogen-bond acceptors (Lipinski definition) is 6. The lowest BCUT2D eigenvalue weighted by Crippen LogP contribution is -2.15. The van der Waals surface area contributed by atoms with Crippen molar-refractivity contribution in [2.75, 3.05) is 4.72 Å². The van der Waals surface area contributed by atoms with Crippen LogP contribution in [0.4, 0.5) is 21.5 Å². The molecule has 0 aliphatic carbocycles. The van der Waals surface area contributed by atoms with Gasteiger partial charge in [0.25, 0.3) is 21.4 Å². The first-order valence-electron chi connectivity index (χ1n) is 6.34. The number of nitrogens with zero attached hydrogens (tertiary/aromatic N) is 2. The number of anilines is 1. The SMILES string of the molecule is Cc1c([N+](=O)[O-])ccc(F)c1NS(=O)(=O)c1ccc([N+](=O)[O-])cc1. The van der Waals surface area contributed by atoms with Crippen molar-refractivity contribution in [2.24, 2.45) is 0 Å². The number of halogens is 1. The van der Waals surface area contributed by atoms with Gasteiger partial charge in [0.15, 0.2) is 0 Å². The van der Waals surface area contributed by atoms with Crippen LogP contribution in [0.15, 0.2) is 41.3 Å². The fraction of sp³-hybridized carbons (Fsp3) is 0.0769. The van der Waals surface area contributed by atoms with Gasteiger partial charge in [0.2, 0.25) is 0 Å². The van der Waals surface area contributed by atoms with Gasteiger partial charge in [-0.3, -0.25) is 25.0 Å². The molecule has 24 heavy (non-hydrogen) atoms. The average molecular weight is 355 g/mol. The van der Waals surface area contributed by atoms with Gasteiger partial charge in [-0.2, -0.15) is 0 Å². The average Bonchev–Trinajstić information content (AvgIpc) is 2.51. The van der Waals surface area contributed by atoms with Crippen molar-refractivity contribution in [1.29, 1.82) is 0 Å². The molecule has 0 radical (unpaired) electrons. The quantitative estimate of drug-likeness (QED) is 0.647. The molecule has 0 unspecified atom stereocenters. The summed E-state index contributed by atoms with van der Waals surface area (Å²) in [6.45, 7) is 1.20. The summed E-state index contributed by atoms with van der Waals surface area (Å²) in [6, 6.07) is 5.61. The zero-order valence-electron chi connectivity index (χ0n) is 12.1. The second-order valence-corrected chi connectivity index (χ2v) is 6.36. The van der Waals surface area contributed by atoms with E-state index in [1.807, 2.05) is 4.72 Å². The van der Waals surface area contributed by atoms with Crippen LogP contribution in [0.2, 0.25) is 0 Å². The largest absolute Gasteiger partial charge is 0.276 e. The molecule has 0 atom stereocenters. The van der Waals surface area contributed by atoms with E-state index in [0.29, 0.717) is 0 Å². The maximum absolute atomic E-state index is 13.9. The monoisotopic (exact) mass is 355 g/mol. The number of benzene rings is 2. The van der Waals surface area contributed by atoms with Crippen molar-refractivity contribution < 1.29 is 22.7 Å². The van der Waals surface area contributed by atoms with Gasteiger partial charge in [-0.1, -0.05) is 0 Å². The maximum Gasteiger partial charge on any atom is 0.274 e. The lowest BCUT2D eigenvalue weighted by molar-refractivity contribution is -0.385. The first-order chi connectivity index (χ1) is 11.1. The number of hydrogen-bond donors (Lipinski definition) is 1. The first kappa shape index (κ1) is 17.3. The van der Waals surface area contributed by atoms with Gasteiger partial charge in [-0.15, -0.1) is 0 Å². The minimum atomic E-state index is -4.28. The Balaban J connectivity index is 2.44. The Labute approximate surface area is 135 Å². The van der Waals surface area contributed by atoms with E-state index in [0.717, 1.165) is 36.4 Å². The third kappa shape index (κ3) is 3.30. The summed E-state index contributed by atoms with van der Waals surface area (Å²) >= 11 is 0. The lowest BCUT2D eigenvalue weighted by Gasteiger charge is -2.11. The summed E-state index contributed by atoms with van der Waals surface area (Å²) in [6.07, 6.45) is 0. The third-order valence-electron chi connectivity index (χ3n) is 3.18. The number of sulfonamides is 1. The molecule has 11 heteroatoms. The van der Waals surface area contributed by atoms with Crippen LogP contribution in [0.5, 0.6) is 0 Å². The van der Waals surface area contributed by atoms with Gasteiger partial charge < -0.3 is 0 Å². The van der Waals surface area contributed by atoms with Crippen LogP contribution in [0.25, 0.3) is 0 Å². The van der Waals surface area contributed by atoms with E-state index in [9.17, 15) is 33.0 Å². The highest BCUT2D eigenvalue weighted by Crippen LogP contribution is 2.30. The first-order valence-corrected chi connectivity index (χ1v) is 7.82. The van der Waals surface area contributed by atoms with Gasteiger partial charge in [-0.25, -0.2) is 12.8 Å². The number of nitro benzene ring substituents is 2. The van der Waals surface area contributed by atoms with Crippen molar-refractivity contribution in [3.05, 3.63) is 68.0 Å². The van der Waals surface area contributed by atoms with E-state index >= 15 is 0 Å². The van der Waals surface area contributed by atoms with Crippen molar-refractivity contribution in [2.45, 2.75) is 11.8 Å². The van der Waals surface area contributed by atoms with E-state index in [-0.39, 0.29) is 16.1 Å². The van der Waals surface area contributed by atoms with Crippen LogP contribution in [-0.2, 0) is 10.0 Å². The summed E-state index contributed by atoms with van der Waals surface area (Å²) in [5.74, 6) is -0.983. The second kappa shape index (κ2) is 6.20. The summed E-state index contributed by atoms with van der Waals surface area (Å²) in [5.41, 5.74) is -1.50. The fourth-order valence-corrected chi connectivity index (χ4v) is 3.06. The molecule has 0 spiro atoms. The predicted octanol–water partition coefficient (Wildman–Crippen LogP) is 2.75. The van der Waals surface area contributed by atoms with Gasteiger partial charge in [-0.05, 0) is 25.1 Å². The second-order valence-electron chi connectivity index (χ2n) is 4.68. The molecule has 0 aliphatic rings. The van der Waals surface area contributed by atoms with E-state index in [4.69, 9.17) is 0 Å². The molecule has 2 aromatic carbocycles. The smallest absolute Gasteiger partial charge is 0.274 e. The molecule has 2 rings (SSSR count). The van der Waals surface area contributed by atoms with Gasteiger partial charge >= 0.3 is 0 Å². The number of non-ortho nitro benzene ring substituents is 1. The van der Waals surface area contributed by atoms with Crippen molar-refractivity contribution in [3.8, 4) is 0 Å². The van der Waals surface area contributed by atoms with Gasteiger partial charge in [0.05, 0.1) is 26.0 Å². The molecule has 0 saturated heterocycles. The van der Waals surface area contributed by atoms with Crippen LogP contribution in [0.1, 0.15) is 5.56 Å². The minimum absolute atomic E-state index is 0.189. The molecule has 1 N–H and O–H groups in total. The molecule has 0 aromatic heterocycles. The van der Waals surface area contributed by atoms with Crippen molar-refractivity contribution in [3.63, 3.8) is 0 Å². The fourth-order valence-electron chi connectivity index (χ4n) is 1.93. The molecule has 0 heterocycles. The van der Waals surface area contributed by atoms with Crippen molar-refractivity contribution >= 4 is 27.1 Å². The van der Waals surface area contributed by atoms with Crippen LogP contribution in [0.3, 0.4) is 0 Å². The van der Waals surface area contributed by atoms with E-state index in [1.165, 1.54) is 6.92 Å². The highest BCUT2D eigenvalue weighted by molar-refractivity contribution is 7.92. The van der Waals surface area contributed by atoms with Crippen LogP contribution in [-0.4, -0.2) is 18.3 Å². The Morgan fingerprint density at radius 3 is 2.08 bits per heavy atom. The third-order valence-corrected chi connectivity index (χ3v) is 4.54. The highest BCUT2D eigenvalue weighted by Gasteiger charge is 2.23. The molecule has 9 nitrogen and oxygen atoms in total. The number of nitro groups is 2. The molecular formula is C13H10FN3O6S. The predicted molar refractivity (Wildman–Crippen MR) is 81.7 cm³/mol. The van der Waals surface area contributed by atoms with Crippen LogP contribution < -0.4 is 4.72 Å². The Kier molecular flexibility index (Phi) is 4.46. The number of rotatable bonds is 5. The Bertz CT molecular complexity index is 927. The minimum Gasteiger partial charge on any atom is -0.276 e. The van der Waals surface area contributed by atoms with E-state index < -0.39 is 37.1 Å². The lowest BCUT2D eigenvalue weighted by atomic mass is 10.1. The maximum atomic E-state index is 13.9. The molecule has 0 amide bonds. The normalized spacial score (nSPS) is 11.1. The van der Waals surface area contributed by atoms with Crippen LogP contribution >= 0.6 is 0 Å².